The van der Waals surface area contributed by atoms with Gasteiger partial charge >= 0.3 is 0 Å². The van der Waals surface area contributed by atoms with Crippen LogP contribution in [0, 0.1) is 10.1 Å². The van der Waals surface area contributed by atoms with Gasteiger partial charge in [-0.05, 0) is 25.3 Å². The molecule has 0 aliphatic carbocycles. The van der Waals surface area contributed by atoms with E-state index in [9.17, 15) is 23.6 Å². The van der Waals surface area contributed by atoms with Gasteiger partial charge in [0.2, 0.25) is 10.0 Å². The summed E-state index contributed by atoms with van der Waals surface area (Å²) in [4.78, 5) is 12.2. The highest BCUT2D eigenvalue weighted by Crippen LogP contribution is 2.37. The molecule has 1 aromatic rings. The molecule has 0 aromatic heterocycles. The first-order valence-corrected chi connectivity index (χ1v) is 9.47. The van der Waals surface area contributed by atoms with Crippen molar-refractivity contribution in [2.75, 3.05) is 31.1 Å². The molecule has 0 unspecified atom stereocenters. The monoisotopic (exact) mass is 355 g/mol. The third kappa shape index (κ3) is 2.87. The lowest BCUT2D eigenvalue weighted by molar-refractivity contribution is -0.385. The Balaban J connectivity index is 2.02. The first-order valence-electron chi connectivity index (χ1n) is 8.03. The fourth-order valence-electron chi connectivity index (χ4n) is 3.21. The van der Waals surface area contributed by atoms with E-state index in [4.69, 9.17) is 0 Å². The first-order chi connectivity index (χ1) is 11.3. The zero-order chi connectivity index (χ0) is 17.5. The van der Waals surface area contributed by atoms with Gasteiger partial charge in [-0.15, -0.1) is 0 Å². The predicted octanol–water partition coefficient (Wildman–Crippen LogP) is 1.34. The number of hydrogen-bond acceptors (Lipinski definition) is 6. The molecule has 0 amide bonds. The Morgan fingerprint density at radius 2 is 1.92 bits per heavy atom. The molecule has 0 radical (unpaired) electrons. The Bertz CT molecular complexity index is 752. The van der Waals surface area contributed by atoms with Crippen LogP contribution >= 0.6 is 0 Å². The molecule has 0 saturated carbocycles. The molecule has 3 rings (SSSR count). The van der Waals surface area contributed by atoms with Crippen molar-refractivity contribution in [1.82, 2.24) is 4.31 Å². The molecule has 8 nitrogen and oxygen atoms in total. The van der Waals surface area contributed by atoms with Crippen molar-refractivity contribution in [3.8, 4) is 0 Å². The van der Waals surface area contributed by atoms with Crippen molar-refractivity contribution in [3.05, 3.63) is 28.3 Å². The maximum Gasteiger partial charge on any atom is 0.270 e. The predicted molar refractivity (Wildman–Crippen MR) is 88.5 cm³/mol. The number of sulfonamides is 1. The van der Waals surface area contributed by atoms with Gasteiger partial charge in [0, 0.05) is 38.3 Å². The van der Waals surface area contributed by atoms with E-state index < -0.39 is 20.5 Å². The zero-order valence-corrected chi connectivity index (χ0v) is 14.3. The standard InChI is InChI=1S/C15H21N3O5S/c1-2-15(19)10-16(11-15)13-6-5-12(18(20)21)9-14(13)24(22,23)17-7-3-4-8-17/h5-6,9,19H,2-4,7-8,10-11H2,1H3. The van der Waals surface area contributed by atoms with Crippen LogP contribution in [0.1, 0.15) is 26.2 Å². The van der Waals surface area contributed by atoms with Gasteiger partial charge in [0.1, 0.15) is 4.90 Å². The highest BCUT2D eigenvalue weighted by atomic mass is 32.2. The molecular formula is C15H21N3O5S. The number of nitro benzene ring substituents is 1. The first kappa shape index (κ1) is 17.1. The van der Waals surface area contributed by atoms with Gasteiger partial charge in [0.25, 0.3) is 5.69 Å². The highest BCUT2D eigenvalue weighted by Gasteiger charge is 2.42. The summed E-state index contributed by atoms with van der Waals surface area (Å²) in [6, 6.07) is 3.91. The number of nitrogens with zero attached hydrogens (tertiary/aromatic N) is 3. The number of benzene rings is 1. The second-order valence-corrected chi connectivity index (χ2v) is 8.36. The summed E-state index contributed by atoms with van der Waals surface area (Å²) in [7, 11) is -3.79. The smallest absolute Gasteiger partial charge is 0.270 e. The topological polar surface area (TPSA) is 104 Å². The van der Waals surface area contributed by atoms with Crippen LogP contribution in [0.15, 0.2) is 23.1 Å². The summed E-state index contributed by atoms with van der Waals surface area (Å²) in [6.45, 7) is 3.38. The number of aliphatic hydroxyl groups is 1. The van der Waals surface area contributed by atoms with E-state index in [1.54, 1.807) is 4.90 Å². The number of non-ortho nitro benzene ring substituents is 1. The van der Waals surface area contributed by atoms with Crippen LogP contribution in [-0.2, 0) is 10.0 Å². The van der Waals surface area contributed by atoms with Crippen LogP contribution in [0.2, 0.25) is 0 Å². The second-order valence-electron chi connectivity index (χ2n) is 6.45. The van der Waals surface area contributed by atoms with E-state index in [2.05, 4.69) is 0 Å². The van der Waals surface area contributed by atoms with E-state index in [0.717, 1.165) is 18.9 Å². The lowest BCUT2D eigenvalue weighted by Gasteiger charge is -2.48. The zero-order valence-electron chi connectivity index (χ0n) is 13.5. The SMILES string of the molecule is CCC1(O)CN(c2ccc([N+](=O)[O-])cc2S(=O)(=O)N2CCCC2)C1. The third-order valence-corrected chi connectivity index (χ3v) is 6.73. The van der Waals surface area contributed by atoms with Crippen molar-refractivity contribution in [2.45, 2.75) is 36.7 Å². The number of anilines is 1. The van der Waals surface area contributed by atoms with Crippen LogP contribution in [0.5, 0.6) is 0 Å². The Hall–Kier alpha value is -1.71. The van der Waals surface area contributed by atoms with Gasteiger partial charge in [0.15, 0.2) is 0 Å². The Kier molecular flexibility index (Phi) is 4.27. The molecule has 0 bridgehead atoms. The van der Waals surface area contributed by atoms with E-state index in [0.29, 0.717) is 38.3 Å². The molecule has 9 heteroatoms. The minimum atomic E-state index is -3.79. The Morgan fingerprint density at radius 1 is 1.29 bits per heavy atom. The molecule has 1 aromatic carbocycles. The molecule has 1 N–H and O–H groups in total. The average molecular weight is 355 g/mol. The minimum Gasteiger partial charge on any atom is -0.386 e. The van der Waals surface area contributed by atoms with Crippen molar-refractivity contribution in [2.24, 2.45) is 0 Å². The van der Waals surface area contributed by atoms with Gasteiger partial charge in [-0.1, -0.05) is 6.92 Å². The van der Waals surface area contributed by atoms with Crippen molar-refractivity contribution in [1.29, 1.82) is 0 Å². The molecule has 24 heavy (non-hydrogen) atoms. The lowest BCUT2D eigenvalue weighted by Crippen LogP contribution is -2.62. The number of nitro groups is 1. The largest absolute Gasteiger partial charge is 0.386 e. The van der Waals surface area contributed by atoms with Gasteiger partial charge in [-0.3, -0.25) is 10.1 Å². The summed E-state index contributed by atoms with van der Waals surface area (Å²) < 4.78 is 27.2. The molecule has 0 atom stereocenters. The lowest BCUT2D eigenvalue weighted by atomic mass is 9.91. The highest BCUT2D eigenvalue weighted by molar-refractivity contribution is 7.89. The molecule has 2 saturated heterocycles. The summed E-state index contributed by atoms with van der Waals surface area (Å²) in [5.74, 6) is 0. The molecule has 2 heterocycles. The minimum absolute atomic E-state index is 0.0447. The number of rotatable bonds is 5. The number of hydrogen-bond donors (Lipinski definition) is 1. The van der Waals surface area contributed by atoms with E-state index in [-0.39, 0.29) is 10.6 Å². The van der Waals surface area contributed by atoms with Crippen LogP contribution in [0.4, 0.5) is 11.4 Å². The second kappa shape index (κ2) is 5.98. The molecular weight excluding hydrogens is 334 g/mol. The van der Waals surface area contributed by atoms with Gasteiger partial charge in [-0.25, -0.2) is 8.42 Å². The number of β-amino-alcohol motifs (C(OH)–C–C–N with tert-alkyl or cyclic N) is 1. The fraction of sp³-hybridized carbons (Fsp3) is 0.600. The molecule has 132 valence electrons. The van der Waals surface area contributed by atoms with Crippen molar-refractivity contribution in [3.63, 3.8) is 0 Å². The third-order valence-electron chi connectivity index (χ3n) is 4.81. The summed E-state index contributed by atoms with van der Waals surface area (Å²) in [5, 5.41) is 21.2. The maximum atomic E-state index is 12.9. The molecule has 2 aliphatic rings. The van der Waals surface area contributed by atoms with Crippen LogP contribution < -0.4 is 4.90 Å². The average Bonchev–Trinajstić information content (AvgIpc) is 3.06. The maximum absolute atomic E-state index is 12.9. The van der Waals surface area contributed by atoms with E-state index >= 15 is 0 Å². The molecule has 2 fully saturated rings. The van der Waals surface area contributed by atoms with E-state index in [1.165, 1.54) is 16.4 Å². The van der Waals surface area contributed by atoms with E-state index in [1.807, 2.05) is 6.92 Å². The van der Waals surface area contributed by atoms with Crippen molar-refractivity contribution < 1.29 is 18.4 Å². The van der Waals surface area contributed by atoms with Gasteiger partial charge < -0.3 is 10.0 Å². The Labute approximate surface area is 140 Å². The fourth-order valence-corrected chi connectivity index (χ4v) is 4.96. The summed E-state index contributed by atoms with van der Waals surface area (Å²) in [5.41, 5.74) is -0.648. The quantitative estimate of drug-likeness (QED) is 0.631. The van der Waals surface area contributed by atoms with Crippen LogP contribution in [0.3, 0.4) is 0 Å². The summed E-state index contributed by atoms with van der Waals surface area (Å²) >= 11 is 0. The Morgan fingerprint density at radius 3 is 2.46 bits per heavy atom. The molecule has 0 spiro atoms. The van der Waals surface area contributed by atoms with Crippen molar-refractivity contribution >= 4 is 21.4 Å². The normalized spacial score (nSPS) is 20.8. The summed E-state index contributed by atoms with van der Waals surface area (Å²) in [6.07, 6.45) is 2.16. The van der Waals surface area contributed by atoms with Crippen LogP contribution in [0.25, 0.3) is 0 Å². The van der Waals surface area contributed by atoms with Crippen LogP contribution in [-0.4, -0.2) is 54.5 Å². The molecule has 2 aliphatic heterocycles. The van der Waals surface area contributed by atoms with Gasteiger partial charge in [-0.2, -0.15) is 4.31 Å². The van der Waals surface area contributed by atoms with Gasteiger partial charge in [0.05, 0.1) is 16.2 Å².